The van der Waals surface area contributed by atoms with Gasteiger partial charge >= 0.3 is 5.97 Å². The third-order valence-corrected chi connectivity index (χ3v) is 4.05. The van der Waals surface area contributed by atoms with E-state index in [1.54, 1.807) is 17.6 Å². The number of hydrogen-bond donors (Lipinski definition) is 2. The van der Waals surface area contributed by atoms with E-state index < -0.39 is 23.5 Å². The molecule has 0 aliphatic carbocycles. The Hall–Kier alpha value is -3.07. The molecular formula is C16H11F2N3O3S. The van der Waals surface area contributed by atoms with Crippen LogP contribution in [-0.4, -0.2) is 29.0 Å². The number of ether oxygens (including phenoxy) is 1. The van der Waals surface area contributed by atoms with E-state index in [0.29, 0.717) is 11.3 Å². The summed E-state index contributed by atoms with van der Waals surface area (Å²) in [5, 5.41) is 4.48. The molecule has 0 atom stereocenters. The van der Waals surface area contributed by atoms with Gasteiger partial charge in [-0.15, -0.1) is 11.3 Å². The first-order valence-electron chi connectivity index (χ1n) is 6.97. The minimum absolute atomic E-state index is 0.0229. The molecule has 0 aliphatic heterocycles. The molecule has 0 saturated carbocycles. The second-order valence-corrected chi connectivity index (χ2v) is 5.77. The smallest absolute Gasteiger partial charge is 0.354 e. The Kier molecular flexibility index (Phi) is 4.57. The summed E-state index contributed by atoms with van der Waals surface area (Å²) in [6.07, 6.45) is 1.59. The van der Waals surface area contributed by atoms with Gasteiger partial charge in [-0.2, -0.15) is 0 Å². The number of thiazole rings is 1. The second-order valence-electron chi connectivity index (χ2n) is 4.91. The van der Waals surface area contributed by atoms with Crippen LogP contribution in [0.25, 0.3) is 11.3 Å². The van der Waals surface area contributed by atoms with Gasteiger partial charge in [-0.05, 0) is 24.3 Å². The number of amides is 1. The van der Waals surface area contributed by atoms with Crippen molar-refractivity contribution in [2.45, 2.75) is 0 Å². The minimum Gasteiger partial charge on any atom is -0.464 e. The molecule has 1 aromatic carbocycles. The number of methoxy groups -OCH3 is 1. The van der Waals surface area contributed by atoms with E-state index in [0.717, 1.165) is 23.5 Å². The number of halogens is 2. The fourth-order valence-corrected chi connectivity index (χ4v) is 2.76. The van der Waals surface area contributed by atoms with Gasteiger partial charge in [-0.25, -0.2) is 18.6 Å². The molecule has 2 heterocycles. The van der Waals surface area contributed by atoms with Gasteiger partial charge in [0.1, 0.15) is 5.69 Å². The van der Waals surface area contributed by atoms with Gasteiger partial charge in [-0.3, -0.25) is 10.1 Å². The molecule has 25 heavy (non-hydrogen) atoms. The van der Waals surface area contributed by atoms with Gasteiger partial charge in [0.15, 0.2) is 16.8 Å². The summed E-state index contributed by atoms with van der Waals surface area (Å²) in [7, 11) is 1.28. The standard InChI is InChI=1S/C16H11F2N3O3S/c1-24-15(23)12-5-9(6-19-12)13-7-25-16(20-13)21-14(22)8-2-3-10(17)11(18)4-8/h2-7,19H,1H3,(H,20,21,22). The molecule has 6 nitrogen and oxygen atoms in total. The van der Waals surface area contributed by atoms with E-state index in [-0.39, 0.29) is 16.4 Å². The summed E-state index contributed by atoms with van der Waals surface area (Å²) in [5.41, 5.74) is 1.44. The Morgan fingerprint density at radius 3 is 2.76 bits per heavy atom. The first kappa shape index (κ1) is 16.8. The van der Waals surface area contributed by atoms with E-state index in [2.05, 4.69) is 20.0 Å². The van der Waals surface area contributed by atoms with Crippen molar-refractivity contribution in [1.29, 1.82) is 0 Å². The molecule has 0 fully saturated rings. The van der Waals surface area contributed by atoms with Crippen LogP contribution in [0.15, 0.2) is 35.8 Å². The van der Waals surface area contributed by atoms with Gasteiger partial charge in [0, 0.05) is 22.7 Å². The zero-order valence-electron chi connectivity index (χ0n) is 12.8. The molecule has 0 spiro atoms. The van der Waals surface area contributed by atoms with Crippen molar-refractivity contribution in [1.82, 2.24) is 9.97 Å². The molecule has 0 bridgehead atoms. The first-order valence-corrected chi connectivity index (χ1v) is 7.85. The van der Waals surface area contributed by atoms with Crippen LogP contribution in [0.2, 0.25) is 0 Å². The highest BCUT2D eigenvalue weighted by atomic mass is 32.1. The predicted octanol–water partition coefficient (Wildman–Crippen LogP) is 3.46. The lowest BCUT2D eigenvalue weighted by atomic mass is 10.2. The molecule has 0 radical (unpaired) electrons. The van der Waals surface area contributed by atoms with Gasteiger partial charge in [0.25, 0.3) is 5.91 Å². The fraction of sp³-hybridized carbons (Fsp3) is 0.0625. The molecular weight excluding hydrogens is 352 g/mol. The SMILES string of the molecule is COC(=O)c1cc(-c2csc(NC(=O)c3ccc(F)c(F)c3)n2)c[nH]1. The highest BCUT2D eigenvalue weighted by Crippen LogP contribution is 2.26. The van der Waals surface area contributed by atoms with E-state index >= 15 is 0 Å². The van der Waals surface area contributed by atoms with Crippen molar-refractivity contribution in [3.05, 3.63) is 58.7 Å². The van der Waals surface area contributed by atoms with Crippen LogP contribution in [0.3, 0.4) is 0 Å². The van der Waals surface area contributed by atoms with Crippen LogP contribution in [-0.2, 0) is 4.74 Å². The number of anilines is 1. The number of rotatable bonds is 4. The number of hydrogen-bond acceptors (Lipinski definition) is 5. The van der Waals surface area contributed by atoms with Crippen LogP contribution in [0.5, 0.6) is 0 Å². The third-order valence-electron chi connectivity index (χ3n) is 3.29. The van der Waals surface area contributed by atoms with Crippen LogP contribution in [0, 0.1) is 11.6 Å². The lowest BCUT2D eigenvalue weighted by molar-refractivity contribution is 0.0594. The average molecular weight is 363 g/mol. The first-order chi connectivity index (χ1) is 12.0. The number of aromatic nitrogens is 2. The van der Waals surface area contributed by atoms with Gasteiger partial charge < -0.3 is 9.72 Å². The number of nitrogens with one attached hydrogen (secondary N) is 2. The lowest BCUT2D eigenvalue weighted by Gasteiger charge is -2.02. The number of esters is 1. The quantitative estimate of drug-likeness (QED) is 0.696. The summed E-state index contributed by atoms with van der Waals surface area (Å²) in [6, 6.07) is 4.44. The van der Waals surface area contributed by atoms with Crippen molar-refractivity contribution in [3.8, 4) is 11.3 Å². The predicted molar refractivity (Wildman–Crippen MR) is 87.6 cm³/mol. The van der Waals surface area contributed by atoms with Crippen molar-refractivity contribution in [3.63, 3.8) is 0 Å². The highest BCUT2D eigenvalue weighted by molar-refractivity contribution is 7.14. The molecule has 128 valence electrons. The van der Waals surface area contributed by atoms with Crippen LogP contribution in [0.1, 0.15) is 20.8 Å². The van der Waals surface area contributed by atoms with Gasteiger partial charge in [0.05, 0.1) is 12.8 Å². The van der Waals surface area contributed by atoms with Gasteiger partial charge in [0.2, 0.25) is 0 Å². The Morgan fingerprint density at radius 2 is 2.04 bits per heavy atom. The number of aromatic amines is 1. The zero-order chi connectivity index (χ0) is 18.0. The fourth-order valence-electron chi connectivity index (χ4n) is 2.04. The number of H-pyrrole nitrogens is 1. The van der Waals surface area contributed by atoms with Crippen molar-refractivity contribution in [2.75, 3.05) is 12.4 Å². The molecule has 2 aromatic heterocycles. The van der Waals surface area contributed by atoms with Crippen molar-refractivity contribution in [2.24, 2.45) is 0 Å². The maximum Gasteiger partial charge on any atom is 0.354 e. The molecule has 9 heteroatoms. The van der Waals surface area contributed by atoms with E-state index in [4.69, 9.17) is 0 Å². The third kappa shape index (κ3) is 3.56. The molecule has 1 amide bonds. The number of nitrogens with zero attached hydrogens (tertiary/aromatic N) is 1. The van der Waals surface area contributed by atoms with Gasteiger partial charge in [-0.1, -0.05) is 0 Å². The van der Waals surface area contributed by atoms with Crippen molar-refractivity contribution < 1.29 is 23.1 Å². The van der Waals surface area contributed by atoms with Crippen LogP contribution < -0.4 is 5.32 Å². The number of carbonyl (C=O) groups is 2. The summed E-state index contributed by atoms with van der Waals surface area (Å²) in [6.45, 7) is 0. The maximum absolute atomic E-state index is 13.2. The normalized spacial score (nSPS) is 10.5. The second kappa shape index (κ2) is 6.81. The monoisotopic (exact) mass is 363 g/mol. The lowest BCUT2D eigenvalue weighted by Crippen LogP contribution is -2.12. The van der Waals surface area contributed by atoms with Crippen molar-refractivity contribution >= 4 is 28.3 Å². The summed E-state index contributed by atoms with van der Waals surface area (Å²) in [4.78, 5) is 30.5. The number of carbonyl (C=O) groups excluding carboxylic acids is 2. The average Bonchev–Trinajstić information content (AvgIpc) is 3.25. The molecule has 0 saturated heterocycles. The minimum atomic E-state index is -1.10. The highest BCUT2D eigenvalue weighted by Gasteiger charge is 2.14. The zero-order valence-corrected chi connectivity index (χ0v) is 13.6. The Bertz CT molecular complexity index is 952. The summed E-state index contributed by atoms with van der Waals surface area (Å²) in [5.74, 6) is -3.24. The van der Waals surface area contributed by atoms with E-state index in [9.17, 15) is 18.4 Å². The van der Waals surface area contributed by atoms with E-state index in [1.807, 2.05) is 0 Å². The maximum atomic E-state index is 13.2. The summed E-state index contributed by atoms with van der Waals surface area (Å²) < 4.78 is 30.7. The van der Waals surface area contributed by atoms with Crippen LogP contribution in [0.4, 0.5) is 13.9 Å². The summed E-state index contributed by atoms with van der Waals surface area (Å²) >= 11 is 1.16. The Morgan fingerprint density at radius 1 is 1.24 bits per heavy atom. The number of benzene rings is 1. The molecule has 3 aromatic rings. The molecule has 0 aliphatic rings. The largest absolute Gasteiger partial charge is 0.464 e. The Balaban J connectivity index is 1.75. The van der Waals surface area contributed by atoms with Crippen LogP contribution >= 0.6 is 11.3 Å². The molecule has 3 rings (SSSR count). The molecule has 2 N–H and O–H groups in total. The van der Waals surface area contributed by atoms with E-state index in [1.165, 1.54) is 13.2 Å². The Labute approximate surface area is 144 Å². The topological polar surface area (TPSA) is 84.1 Å². The molecule has 0 unspecified atom stereocenters.